The molecule has 28 heavy (non-hydrogen) atoms. The summed E-state index contributed by atoms with van der Waals surface area (Å²) in [7, 11) is 0. The Labute approximate surface area is 176 Å². The SMILES string of the molecule is CC(C)CN=C(NC(=O)C1CCCC(Cl)C1)NC1NNC2CC(Cl)C(F)CC21. The highest BCUT2D eigenvalue weighted by molar-refractivity contribution is 6.21. The second-order valence-electron chi connectivity index (χ2n) is 8.72. The highest BCUT2D eigenvalue weighted by atomic mass is 35.5. The van der Waals surface area contributed by atoms with Crippen LogP contribution in [0, 0.1) is 17.8 Å². The van der Waals surface area contributed by atoms with Crippen molar-refractivity contribution in [1.29, 1.82) is 0 Å². The lowest BCUT2D eigenvalue weighted by molar-refractivity contribution is -0.124. The third-order valence-corrected chi connectivity index (χ3v) is 6.72. The quantitative estimate of drug-likeness (QED) is 0.311. The molecule has 160 valence electrons. The largest absolute Gasteiger partial charge is 0.339 e. The molecule has 1 saturated heterocycles. The van der Waals surface area contributed by atoms with Crippen LogP contribution in [0.4, 0.5) is 4.39 Å². The molecule has 3 aliphatic rings. The number of halogens is 3. The smallest absolute Gasteiger partial charge is 0.229 e. The average molecular weight is 436 g/mol. The zero-order valence-electron chi connectivity index (χ0n) is 16.6. The summed E-state index contributed by atoms with van der Waals surface area (Å²) in [4.78, 5) is 17.3. The van der Waals surface area contributed by atoms with Crippen molar-refractivity contribution in [1.82, 2.24) is 21.5 Å². The van der Waals surface area contributed by atoms with Gasteiger partial charge in [0, 0.05) is 29.8 Å². The molecule has 0 spiro atoms. The Morgan fingerprint density at radius 1 is 1.21 bits per heavy atom. The number of alkyl halides is 3. The number of fused-ring (bicyclic) bond motifs is 1. The van der Waals surface area contributed by atoms with Crippen LogP contribution in [-0.4, -0.2) is 47.5 Å². The van der Waals surface area contributed by atoms with Crippen molar-refractivity contribution < 1.29 is 9.18 Å². The van der Waals surface area contributed by atoms with Crippen LogP contribution in [0.3, 0.4) is 0 Å². The Bertz CT molecular complexity index is 579. The van der Waals surface area contributed by atoms with E-state index in [2.05, 4.69) is 40.3 Å². The fourth-order valence-electron chi connectivity index (χ4n) is 4.25. The third kappa shape index (κ3) is 5.71. The summed E-state index contributed by atoms with van der Waals surface area (Å²) < 4.78 is 14.1. The molecule has 1 heterocycles. The molecule has 2 aliphatic carbocycles. The van der Waals surface area contributed by atoms with Crippen molar-refractivity contribution in [2.75, 3.05) is 6.54 Å². The molecule has 3 fully saturated rings. The fourth-order valence-corrected chi connectivity index (χ4v) is 4.91. The number of rotatable bonds is 4. The van der Waals surface area contributed by atoms with Crippen LogP contribution in [0.15, 0.2) is 4.99 Å². The summed E-state index contributed by atoms with van der Waals surface area (Å²) in [5, 5.41) is 5.84. The summed E-state index contributed by atoms with van der Waals surface area (Å²) in [5.74, 6) is 0.703. The molecular weight excluding hydrogens is 404 g/mol. The number of hydrazine groups is 1. The van der Waals surface area contributed by atoms with Gasteiger partial charge in [-0.15, -0.1) is 23.2 Å². The van der Waals surface area contributed by atoms with Crippen molar-refractivity contribution >= 4 is 35.1 Å². The zero-order valence-corrected chi connectivity index (χ0v) is 18.1. The Balaban J connectivity index is 1.63. The van der Waals surface area contributed by atoms with Gasteiger partial charge < -0.3 is 5.32 Å². The summed E-state index contributed by atoms with van der Waals surface area (Å²) in [6.45, 7) is 4.74. The molecule has 4 N–H and O–H groups in total. The minimum atomic E-state index is -1.03. The number of hydrogen-bond acceptors (Lipinski definition) is 4. The van der Waals surface area contributed by atoms with E-state index in [0.29, 0.717) is 37.7 Å². The monoisotopic (exact) mass is 435 g/mol. The van der Waals surface area contributed by atoms with Gasteiger partial charge in [-0.1, -0.05) is 20.3 Å². The summed E-state index contributed by atoms with van der Waals surface area (Å²) in [6, 6.07) is 0.101. The molecule has 2 saturated carbocycles. The van der Waals surface area contributed by atoms with Crippen LogP contribution in [0.2, 0.25) is 0 Å². The standard InChI is InChI=1S/C19H32Cl2FN5O/c1-10(2)9-23-19(25-18(28)11-4-3-5-12(20)6-11)24-17-13-7-15(22)14(21)8-16(13)26-27-17/h10-17,26-27H,3-9H2,1-2H3,(H2,23,24,25,28). The predicted octanol–water partition coefficient (Wildman–Crippen LogP) is 2.66. The molecule has 0 bridgehead atoms. The second kappa shape index (κ2) is 9.92. The second-order valence-corrected chi connectivity index (χ2v) is 9.90. The summed E-state index contributed by atoms with van der Waals surface area (Å²) in [5.41, 5.74) is 6.38. The molecule has 7 atom stereocenters. The van der Waals surface area contributed by atoms with Gasteiger partial charge in [-0.2, -0.15) is 0 Å². The lowest BCUT2D eigenvalue weighted by Crippen LogP contribution is -2.54. The molecular formula is C19H32Cl2FN5O. The van der Waals surface area contributed by atoms with E-state index in [-0.39, 0.29) is 35.3 Å². The van der Waals surface area contributed by atoms with E-state index in [1.54, 1.807) is 0 Å². The minimum absolute atomic E-state index is 0.0352. The number of carbonyl (C=O) groups is 1. The summed E-state index contributed by atoms with van der Waals surface area (Å²) >= 11 is 12.3. The molecule has 1 aliphatic heterocycles. The van der Waals surface area contributed by atoms with Gasteiger partial charge in [0.2, 0.25) is 5.91 Å². The number of amides is 1. The number of nitrogens with one attached hydrogen (secondary N) is 4. The van der Waals surface area contributed by atoms with Gasteiger partial charge >= 0.3 is 0 Å². The summed E-state index contributed by atoms with van der Waals surface area (Å²) in [6.07, 6.45) is 3.17. The number of nitrogens with zero attached hydrogens (tertiary/aromatic N) is 1. The molecule has 0 aromatic heterocycles. The maximum absolute atomic E-state index is 14.1. The van der Waals surface area contributed by atoms with Crippen LogP contribution < -0.4 is 21.5 Å². The molecule has 1 amide bonds. The van der Waals surface area contributed by atoms with Crippen LogP contribution in [0.25, 0.3) is 0 Å². The topological polar surface area (TPSA) is 77.5 Å². The first kappa shape index (κ1) is 22.1. The first-order chi connectivity index (χ1) is 13.3. The third-order valence-electron chi connectivity index (χ3n) is 5.87. The van der Waals surface area contributed by atoms with Crippen LogP contribution >= 0.6 is 23.2 Å². The van der Waals surface area contributed by atoms with Crippen molar-refractivity contribution in [2.24, 2.45) is 22.7 Å². The van der Waals surface area contributed by atoms with Crippen LogP contribution in [-0.2, 0) is 4.79 Å². The van der Waals surface area contributed by atoms with Crippen molar-refractivity contribution in [2.45, 2.75) is 81.5 Å². The lowest BCUT2D eigenvalue weighted by atomic mass is 9.83. The predicted molar refractivity (Wildman–Crippen MR) is 111 cm³/mol. The molecule has 0 radical (unpaired) electrons. The van der Waals surface area contributed by atoms with E-state index >= 15 is 0 Å². The average Bonchev–Trinajstić information content (AvgIpc) is 3.01. The number of aliphatic imine (C=N–C) groups is 1. The number of carbonyl (C=O) groups excluding carboxylic acids is 1. The van der Waals surface area contributed by atoms with Crippen molar-refractivity contribution in [3.8, 4) is 0 Å². The maximum Gasteiger partial charge on any atom is 0.229 e. The normalized spacial score (nSPS) is 38.9. The highest BCUT2D eigenvalue weighted by Gasteiger charge is 2.44. The first-order valence-electron chi connectivity index (χ1n) is 10.4. The molecule has 0 aromatic carbocycles. The Morgan fingerprint density at radius 3 is 2.71 bits per heavy atom. The van der Waals surface area contributed by atoms with Gasteiger partial charge in [-0.05, 0) is 38.0 Å². The van der Waals surface area contributed by atoms with Gasteiger partial charge in [0.05, 0.1) is 11.5 Å². The van der Waals surface area contributed by atoms with Crippen LogP contribution in [0.5, 0.6) is 0 Å². The minimum Gasteiger partial charge on any atom is -0.339 e. The molecule has 0 aromatic rings. The van der Waals surface area contributed by atoms with Crippen molar-refractivity contribution in [3.63, 3.8) is 0 Å². The lowest BCUT2D eigenvalue weighted by Gasteiger charge is -2.33. The number of guanidine groups is 1. The van der Waals surface area contributed by atoms with E-state index < -0.39 is 11.5 Å². The molecule has 6 nitrogen and oxygen atoms in total. The Hall–Kier alpha value is -0.630. The van der Waals surface area contributed by atoms with Gasteiger partial charge in [-0.25, -0.2) is 9.82 Å². The molecule has 3 rings (SSSR count). The molecule has 7 unspecified atom stereocenters. The molecule has 9 heteroatoms. The van der Waals surface area contributed by atoms with Crippen LogP contribution in [0.1, 0.15) is 52.4 Å². The van der Waals surface area contributed by atoms with E-state index in [9.17, 15) is 9.18 Å². The number of hydrogen-bond donors (Lipinski definition) is 4. The maximum atomic E-state index is 14.1. The van der Waals surface area contributed by atoms with E-state index in [1.165, 1.54) is 0 Å². The van der Waals surface area contributed by atoms with E-state index in [1.807, 2.05) is 0 Å². The fraction of sp³-hybridized carbons (Fsp3) is 0.895. The zero-order chi connectivity index (χ0) is 20.3. The highest BCUT2D eigenvalue weighted by Crippen LogP contribution is 2.34. The van der Waals surface area contributed by atoms with Gasteiger partial charge in [0.15, 0.2) is 5.96 Å². The van der Waals surface area contributed by atoms with Gasteiger partial charge in [-0.3, -0.25) is 20.5 Å². The van der Waals surface area contributed by atoms with Crippen molar-refractivity contribution in [3.05, 3.63) is 0 Å². The van der Waals surface area contributed by atoms with E-state index in [0.717, 1.165) is 19.3 Å². The van der Waals surface area contributed by atoms with Gasteiger partial charge in [0.1, 0.15) is 6.17 Å². The first-order valence-corrected chi connectivity index (χ1v) is 11.3. The Kier molecular flexibility index (Phi) is 7.81. The van der Waals surface area contributed by atoms with E-state index in [4.69, 9.17) is 23.2 Å². The van der Waals surface area contributed by atoms with Gasteiger partial charge in [0.25, 0.3) is 0 Å². The Morgan fingerprint density at radius 2 is 2.00 bits per heavy atom.